The summed E-state index contributed by atoms with van der Waals surface area (Å²) in [5, 5.41) is 0. The summed E-state index contributed by atoms with van der Waals surface area (Å²) in [6, 6.07) is 17.1. The fourth-order valence-corrected chi connectivity index (χ4v) is 4.41. The fourth-order valence-electron chi connectivity index (χ4n) is 2.48. The van der Waals surface area contributed by atoms with Crippen molar-refractivity contribution in [1.82, 2.24) is 0 Å². The SMILES string of the molecule is COc1ccccc1S(=O)(=O)[O-].COc1ccccc1S(=O)(=O)[O-].COc1ccccc1S(=O)(=O)[O-].[Fe+3]. The summed E-state index contributed by atoms with van der Waals surface area (Å²) in [4.78, 5) is -0.979. The van der Waals surface area contributed by atoms with E-state index in [0.717, 1.165) is 0 Å². The Balaban J connectivity index is 0.000000518. The Hall–Kier alpha value is -2.69. The zero-order chi connectivity index (χ0) is 27.6. The first-order valence-electron chi connectivity index (χ1n) is 9.43. The first kappa shape index (κ1) is 34.3. The van der Waals surface area contributed by atoms with Crippen LogP contribution in [-0.4, -0.2) is 60.2 Å². The number of para-hydroxylation sites is 3. The summed E-state index contributed by atoms with van der Waals surface area (Å²) in [6.45, 7) is 0. The van der Waals surface area contributed by atoms with Crippen LogP contribution in [0.1, 0.15) is 0 Å². The van der Waals surface area contributed by atoms with Crippen LogP contribution >= 0.6 is 0 Å². The van der Waals surface area contributed by atoms with Crippen LogP contribution in [0.15, 0.2) is 87.5 Å². The largest absolute Gasteiger partial charge is 3.00 e. The predicted molar refractivity (Wildman–Crippen MR) is 123 cm³/mol. The molecule has 12 nitrogen and oxygen atoms in total. The molecular formula is C21H21FeO12S3. The van der Waals surface area contributed by atoms with E-state index in [1.54, 1.807) is 18.2 Å². The van der Waals surface area contributed by atoms with Gasteiger partial charge >= 0.3 is 17.1 Å². The minimum absolute atomic E-state index is 0. The van der Waals surface area contributed by atoms with E-state index < -0.39 is 30.4 Å². The first-order valence-corrected chi connectivity index (χ1v) is 13.7. The molecule has 0 aliphatic rings. The van der Waals surface area contributed by atoms with Crippen LogP contribution in [-0.2, 0) is 47.4 Å². The van der Waals surface area contributed by atoms with E-state index in [1.165, 1.54) is 75.9 Å². The number of hydrogen-bond acceptors (Lipinski definition) is 12. The van der Waals surface area contributed by atoms with Gasteiger partial charge in [-0.05, 0) is 36.4 Å². The van der Waals surface area contributed by atoms with Crippen LogP contribution in [0.3, 0.4) is 0 Å². The molecule has 0 heterocycles. The van der Waals surface area contributed by atoms with Crippen molar-refractivity contribution in [2.24, 2.45) is 0 Å². The summed E-state index contributed by atoms with van der Waals surface area (Å²) in [7, 11) is -9.33. The molecule has 16 heteroatoms. The molecule has 0 bridgehead atoms. The van der Waals surface area contributed by atoms with Crippen molar-refractivity contribution in [2.45, 2.75) is 14.7 Å². The normalized spacial score (nSPS) is 10.9. The number of benzene rings is 3. The van der Waals surface area contributed by atoms with Crippen molar-refractivity contribution in [3.63, 3.8) is 0 Å². The third-order valence-electron chi connectivity index (χ3n) is 4.02. The van der Waals surface area contributed by atoms with Crippen LogP contribution in [0.5, 0.6) is 17.2 Å². The van der Waals surface area contributed by atoms with Gasteiger partial charge in [-0.1, -0.05) is 36.4 Å². The molecular weight excluding hydrogens is 596 g/mol. The zero-order valence-electron chi connectivity index (χ0n) is 19.4. The summed E-state index contributed by atoms with van der Waals surface area (Å²) in [6.07, 6.45) is 0. The first-order chi connectivity index (χ1) is 16.7. The number of ether oxygens (including phenoxy) is 3. The Bertz CT molecular complexity index is 1290. The van der Waals surface area contributed by atoms with Crippen molar-refractivity contribution in [3.8, 4) is 17.2 Å². The molecule has 0 aromatic heterocycles. The Morgan fingerprint density at radius 1 is 0.459 bits per heavy atom. The van der Waals surface area contributed by atoms with E-state index in [4.69, 9.17) is 14.2 Å². The molecule has 0 N–H and O–H groups in total. The molecule has 0 aliphatic heterocycles. The van der Waals surface area contributed by atoms with Crippen molar-refractivity contribution in [2.75, 3.05) is 21.3 Å². The third-order valence-corrected chi connectivity index (χ3v) is 6.64. The average molecular weight is 617 g/mol. The second-order valence-corrected chi connectivity index (χ2v) is 10.4. The Kier molecular flexibility index (Phi) is 13.8. The summed E-state index contributed by atoms with van der Waals surface area (Å²) >= 11 is 0. The van der Waals surface area contributed by atoms with Crippen LogP contribution in [0.4, 0.5) is 0 Å². The van der Waals surface area contributed by atoms with Gasteiger partial charge in [0.25, 0.3) is 0 Å². The maximum Gasteiger partial charge on any atom is 3.00 e. The van der Waals surface area contributed by atoms with Gasteiger partial charge in [-0.25, -0.2) is 25.3 Å². The van der Waals surface area contributed by atoms with Crippen LogP contribution < -0.4 is 14.2 Å². The summed E-state index contributed by atoms with van der Waals surface area (Å²) < 4.78 is 109. The predicted octanol–water partition coefficient (Wildman–Crippen LogP) is 1.80. The molecule has 0 saturated heterocycles. The van der Waals surface area contributed by atoms with E-state index in [2.05, 4.69) is 0 Å². The van der Waals surface area contributed by atoms with Gasteiger partial charge in [0.05, 0.1) is 36.0 Å². The third kappa shape index (κ3) is 11.1. The average Bonchev–Trinajstić information content (AvgIpc) is 2.83. The molecule has 0 spiro atoms. The van der Waals surface area contributed by atoms with E-state index in [0.29, 0.717) is 0 Å². The molecule has 0 unspecified atom stereocenters. The fraction of sp³-hybridized carbons (Fsp3) is 0.143. The topological polar surface area (TPSA) is 199 Å². The second-order valence-electron chi connectivity index (χ2n) is 6.31. The smallest absolute Gasteiger partial charge is 0.744 e. The number of rotatable bonds is 6. The molecule has 37 heavy (non-hydrogen) atoms. The monoisotopic (exact) mass is 617 g/mol. The second kappa shape index (κ2) is 14.9. The molecule has 3 aromatic carbocycles. The summed E-state index contributed by atoms with van der Waals surface area (Å²) in [5.74, 6) is 0.229. The minimum Gasteiger partial charge on any atom is -0.744 e. The Labute approximate surface area is 225 Å². The van der Waals surface area contributed by atoms with Crippen molar-refractivity contribution < 1.29 is 70.2 Å². The quantitative estimate of drug-likeness (QED) is 0.287. The molecule has 0 saturated carbocycles. The zero-order valence-corrected chi connectivity index (χ0v) is 23.0. The van der Waals surface area contributed by atoms with Crippen LogP contribution in [0, 0.1) is 0 Å². The molecule has 3 aromatic rings. The summed E-state index contributed by atoms with van der Waals surface area (Å²) in [5.41, 5.74) is 0. The van der Waals surface area contributed by atoms with E-state index in [-0.39, 0.29) is 49.0 Å². The van der Waals surface area contributed by atoms with Crippen LogP contribution in [0.2, 0.25) is 0 Å². The molecule has 0 amide bonds. The molecule has 1 radical (unpaired) electrons. The van der Waals surface area contributed by atoms with Gasteiger partial charge in [0.15, 0.2) is 0 Å². The molecule has 0 fully saturated rings. The maximum atomic E-state index is 10.6. The Morgan fingerprint density at radius 2 is 0.649 bits per heavy atom. The van der Waals surface area contributed by atoms with Gasteiger partial charge in [-0.3, -0.25) is 0 Å². The van der Waals surface area contributed by atoms with Crippen molar-refractivity contribution in [3.05, 3.63) is 72.8 Å². The molecule has 203 valence electrons. The van der Waals surface area contributed by atoms with Crippen molar-refractivity contribution in [1.29, 1.82) is 0 Å². The van der Waals surface area contributed by atoms with Crippen molar-refractivity contribution >= 4 is 30.4 Å². The van der Waals surface area contributed by atoms with Gasteiger partial charge in [0, 0.05) is 0 Å². The molecule has 3 rings (SSSR count). The molecule has 0 aliphatic carbocycles. The van der Waals surface area contributed by atoms with Gasteiger partial charge in [0.2, 0.25) is 0 Å². The molecule has 0 atom stereocenters. The van der Waals surface area contributed by atoms with Crippen LogP contribution in [0.25, 0.3) is 0 Å². The maximum absolute atomic E-state index is 10.6. The number of methoxy groups -OCH3 is 3. The van der Waals surface area contributed by atoms with Gasteiger partial charge in [-0.2, -0.15) is 0 Å². The van der Waals surface area contributed by atoms with Gasteiger partial charge < -0.3 is 27.9 Å². The Morgan fingerprint density at radius 3 is 0.784 bits per heavy atom. The van der Waals surface area contributed by atoms with E-state index >= 15 is 0 Å². The standard InChI is InChI=1S/3C7H8O4S.Fe/c3*1-11-6-4-2-3-5-7(6)12(8,9)10;/h3*2-5H,1H3,(H,8,9,10);/q;;;+3/p-3. The van der Waals surface area contributed by atoms with Gasteiger partial charge in [-0.15, -0.1) is 0 Å². The number of hydrogen-bond donors (Lipinski definition) is 0. The van der Waals surface area contributed by atoms with Gasteiger partial charge in [0.1, 0.15) is 47.6 Å². The minimum atomic E-state index is -4.42. The van der Waals surface area contributed by atoms with E-state index in [9.17, 15) is 38.9 Å². The van der Waals surface area contributed by atoms with E-state index in [1.807, 2.05) is 0 Å².